The maximum Gasteiger partial charge on any atom is 0.258 e. The number of hydroxylamine groups is 2. The molecule has 2 saturated heterocycles. The van der Waals surface area contributed by atoms with Gasteiger partial charge in [0.05, 0.1) is 11.8 Å². The van der Waals surface area contributed by atoms with E-state index < -0.39 is 98.2 Å². The van der Waals surface area contributed by atoms with Crippen molar-refractivity contribution in [3.05, 3.63) is 69.6 Å². The number of aryl methyl sites for hydroxylation is 2. The summed E-state index contributed by atoms with van der Waals surface area (Å²) in [4.78, 5) is 48.2. The molecular weight excluding hydrogens is 626 g/mol. The molecule has 1 saturated carbocycles. The fourth-order valence-corrected chi connectivity index (χ4v) is 8.02. The van der Waals surface area contributed by atoms with Crippen LogP contribution in [0.1, 0.15) is 35.4 Å². The van der Waals surface area contributed by atoms with E-state index in [9.17, 15) is 42.7 Å². The molecule has 6 atom stereocenters. The molecule has 43 heavy (non-hydrogen) atoms. The Kier molecular flexibility index (Phi) is 6.33. The molecule has 2 aliphatic heterocycles. The molecular formula is C28H19Cl2F5N2O6. The fourth-order valence-electron chi connectivity index (χ4n) is 7.08. The number of carbonyl (C=O) groups is 4. The third-order valence-corrected chi connectivity index (χ3v) is 10.5. The van der Waals surface area contributed by atoms with Crippen molar-refractivity contribution in [2.75, 3.05) is 4.90 Å². The van der Waals surface area contributed by atoms with Gasteiger partial charge in [0.1, 0.15) is 11.4 Å². The summed E-state index contributed by atoms with van der Waals surface area (Å²) < 4.78 is 72.3. The Morgan fingerprint density at radius 3 is 1.93 bits per heavy atom. The number of amides is 4. The van der Waals surface area contributed by atoms with Crippen LogP contribution in [0.15, 0.2) is 23.8 Å². The third-order valence-electron chi connectivity index (χ3n) is 9.04. The first-order valence-corrected chi connectivity index (χ1v) is 13.6. The summed E-state index contributed by atoms with van der Waals surface area (Å²) in [6, 6.07) is 2.81. The zero-order valence-electron chi connectivity index (χ0n) is 22.0. The van der Waals surface area contributed by atoms with Crippen molar-refractivity contribution in [2.45, 2.75) is 42.4 Å². The van der Waals surface area contributed by atoms with Crippen LogP contribution < -0.4 is 4.90 Å². The van der Waals surface area contributed by atoms with E-state index in [0.717, 1.165) is 0 Å². The van der Waals surface area contributed by atoms with E-state index in [2.05, 4.69) is 0 Å². The van der Waals surface area contributed by atoms with E-state index in [1.54, 1.807) is 0 Å². The zero-order chi connectivity index (χ0) is 31.7. The van der Waals surface area contributed by atoms with E-state index in [-0.39, 0.29) is 44.4 Å². The summed E-state index contributed by atoms with van der Waals surface area (Å²) >= 11 is 14.0. The Labute approximate surface area is 249 Å². The molecule has 2 heterocycles. The van der Waals surface area contributed by atoms with Crippen molar-refractivity contribution in [3.63, 3.8) is 0 Å². The van der Waals surface area contributed by atoms with Gasteiger partial charge in [-0.25, -0.2) is 26.9 Å². The molecule has 0 unspecified atom stereocenters. The number of carbonyl (C=O) groups excluding carboxylic acids is 4. The lowest BCUT2D eigenvalue weighted by atomic mass is 9.56. The van der Waals surface area contributed by atoms with Crippen LogP contribution >= 0.6 is 23.2 Å². The van der Waals surface area contributed by atoms with Gasteiger partial charge in [0.15, 0.2) is 33.0 Å². The van der Waals surface area contributed by atoms with E-state index in [1.807, 2.05) is 0 Å². The SMILES string of the molecule is Cc1cc([C@H]2C3=CC[C@@H]4C(=O)N(O)C(=O)[C@@H]4[C@@H]3C[C@@]3(Cl)C(=O)N(c4c(F)c(F)c(F)c(F)c4F)C(=O)[C@@]23Cl)cc(C)c1O. The van der Waals surface area contributed by atoms with Gasteiger partial charge >= 0.3 is 0 Å². The highest BCUT2D eigenvalue weighted by Crippen LogP contribution is 2.66. The quantitative estimate of drug-likeness (QED) is 0.0935. The Morgan fingerprint density at radius 1 is 0.837 bits per heavy atom. The number of aromatic hydroxyl groups is 1. The molecule has 15 heteroatoms. The highest BCUT2D eigenvalue weighted by atomic mass is 35.5. The number of fused-ring (bicyclic) bond motifs is 4. The highest BCUT2D eigenvalue weighted by molar-refractivity contribution is 6.58. The van der Waals surface area contributed by atoms with Gasteiger partial charge in [0.25, 0.3) is 23.6 Å². The number of hydrogen-bond acceptors (Lipinski definition) is 6. The van der Waals surface area contributed by atoms with Gasteiger partial charge in [-0.3, -0.25) is 24.4 Å². The largest absolute Gasteiger partial charge is 0.507 e. The van der Waals surface area contributed by atoms with E-state index in [4.69, 9.17) is 23.2 Å². The Bertz CT molecular complexity index is 1700. The number of rotatable bonds is 2. The summed E-state index contributed by atoms with van der Waals surface area (Å²) in [5.41, 5.74) is -0.905. The monoisotopic (exact) mass is 644 g/mol. The Balaban J connectivity index is 1.63. The first kappa shape index (κ1) is 29.5. The van der Waals surface area contributed by atoms with Crippen LogP contribution in [0.5, 0.6) is 5.75 Å². The summed E-state index contributed by atoms with van der Waals surface area (Å²) in [5.74, 6) is -22.5. The molecule has 8 nitrogen and oxygen atoms in total. The van der Waals surface area contributed by atoms with Gasteiger partial charge in [-0.1, -0.05) is 23.8 Å². The van der Waals surface area contributed by atoms with Gasteiger partial charge in [-0.15, -0.1) is 23.2 Å². The predicted molar refractivity (Wildman–Crippen MR) is 138 cm³/mol. The smallest absolute Gasteiger partial charge is 0.258 e. The zero-order valence-corrected chi connectivity index (χ0v) is 23.5. The van der Waals surface area contributed by atoms with Crippen LogP contribution in [0.25, 0.3) is 0 Å². The maximum atomic E-state index is 15.0. The number of imide groups is 2. The second-order valence-corrected chi connectivity index (χ2v) is 12.4. The van der Waals surface area contributed by atoms with Crippen LogP contribution in [0.4, 0.5) is 27.6 Å². The number of phenols is 1. The third kappa shape index (κ3) is 3.46. The number of allylic oxidation sites excluding steroid dienone is 2. The van der Waals surface area contributed by atoms with E-state index in [1.165, 1.54) is 32.1 Å². The van der Waals surface area contributed by atoms with Crippen LogP contribution in [-0.4, -0.2) is 48.8 Å². The molecule has 0 radical (unpaired) electrons. The number of alkyl halides is 2. The van der Waals surface area contributed by atoms with Crippen molar-refractivity contribution < 1.29 is 51.4 Å². The lowest BCUT2D eigenvalue weighted by Crippen LogP contribution is -2.60. The predicted octanol–water partition coefficient (Wildman–Crippen LogP) is 4.66. The Hall–Kier alpha value is -3.55. The summed E-state index contributed by atoms with van der Waals surface area (Å²) in [6.45, 7) is 3.02. The minimum absolute atomic E-state index is 0.0534. The minimum Gasteiger partial charge on any atom is -0.507 e. The van der Waals surface area contributed by atoms with Gasteiger partial charge in [0, 0.05) is 5.92 Å². The number of benzene rings is 2. The molecule has 2 N–H and O–H groups in total. The number of halogens is 7. The summed E-state index contributed by atoms with van der Waals surface area (Å²) in [7, 11) is 0. The van der Waals surface area contributed by atoms with E-state index >= 15 is 8.78 Å². The molecule has 0 aromatic heterocycles. The van der Waals surface area contributed by atoms with Gasteiger partial charge in [0.2, 0.25) is 5.82 Å². The number of anilines is 1. The van der Waals surface area contributed by atoms with E-state index in [0.29, 0.717) is 0 Å². The van der Waals surface area contributed by atoms with Crippen molar-refractivity contribution in [1.29, 1.82) is 0 Å². The number of hydrogen-bond donors (Lipinski definition) is 2. The lowest BCUT2D eigenvalue weighted by molar-refractivity contribution is -0.173. The first-order chi connectivity index (χ1) is 20.0. The normalized spacial score (nSPS) is 31.8. The van der Waals surface area contributed by atoms with Crippen molar-refractivity contribution in [2.24, 2.45) is 17.8 Å². The Morgan fingerprint density at radius 2 is 1.37 bits per heavy atom. The van der Waals surface area contributed by atoms with Crippen LogP contribution in [0, 0.1) is 60.7 Å². The van der Waals surface area contributed by atoms with Crippen molar-refractivity contribution in [1.82, 2.24) is 5.06 Å². The second kappa shape index (κ2) is 9.23. The molecule has 3 fully saturated rings. The van der Waals surface area contributed by atoms with Crippen molar-refractivity contribution >= 4 is 52.5 Å². The molecule has 226 valence electrons. The topological polar surface area (TPSA) is 115 Å². The molecule has 0 bridgehead atoms. The first-order valence-electron chi connectivity index (χ1n) is 12.9. The molecule has 4 aliphatic rings. The molecule has 2 aromatic carbocycles. The van der Waals surface area contributed by atoms with Gasteiger partial charge in [-0.05, 0) is 49.3 Å². The van der Waals surface area contributed by atoms with Crippen LogP contribution in [0.2, 0.25) is 0 Å². The average molecular weight is 645 g/mol. The van der Waals surface area contributed by atoms with Crippen molar-refractivity contribution in [3.8, 4) is 5.75 Å². The second-order valence-electron chi connectivity index (χ2n) is 11.2. The number of phenolic OH excluding ortho intramolecular Hbond substituents is 1. The van der Waals surface area contributed by atoms with Crippen LogP contribution in [0.3, 0.4) is 0 Å². The minimum atomic E-state index is -2.67. The summed E-state index contributed by atoms with van der Waals surface area (Å²) in [6.07, 6.45) is 0.717. The van der Waals surface area contributed by atoms with Gasteiger partial charge in [-0.2, -0.15) is 5.06 Å². The summed E-state index contributed by atoms with van der Waals surface area (Å²) in [5, 5.41) is 20.4. The number of nitrogens with zero attached hydrogens (tertiary/aromatic N) is 2. The molecule has 2 aromatic rings. The highest BCUT2D eigenvalue weighted by Gasteiger charge is 2.77. The molecule has 0 spiro atoms. The standard InChI is InChI=1S/C28H19Cl2F5N2O6/c1-8-5-10(6-9(2)22(8)38)15-11-3-4-12-14(24(40)37(43)23(12)39)13(11)7-27(29)25(41)36(26(42)28(15,27)30)21-19(34)17(32)16(31)18(33)20(21)35/h3,5-6,12-15,38,43H,4,7H2,1-2H3/t12-,13+,14-,15-,27+,28-/m0/s1. The lowest BCUT2D eigenvalue weighted by Gasteiger charge is -2.50. The molecule has 4 amide bonds. The fraction of sp³-hybridized carbons (Fsp3) is 0.357. The maximum absolute atomic E-state index is 15.0. The molecule has 6 rings (SSSR count). The molecule has 2 aliphatic carbocycles. The van der Waals surface area contributed by atoms with Crippen LogP contribution in [-0.2, 0) is 19.2 Å². The average Bonchev–Trinajstić information content (AvgIpc) is 3.27. The van der Waals surface area contributed by atoms with Gasteiger partial charge < -0.3 is 5.11 Å².